The van der Waals surface area contributed by atoms with E-state index >= 15 is 0 Å². The van der Waals surface area contributed by atoms with Gasteiger partial charge in [0.05, 0.1) is 0 Å². The highest BCUT2D eigenvalue weighted by Gasteiger charge is 2.30. The molecule has 0 fully saturated rings. The quantitative estimate of drug-likeness (QED) is 0.459. The maximum Gasteiger partial charge on any atom is 0.407 e. The summed E-state index contributed by atoms with van der Waals surface area (Å²) < 4.78 is 6.24. The molecule has 1 unspecified atom stereocenters. The molecular weight excluding hydrogens is 482 g/mol. The molecule has 158 valence electrons. The second-order valence-electron chi connectivity index (χ2n) is 7.30. The minimum Gasteiger partial charge on any atom is -0.480 e. The molecule has 0 spiro atoms. The van der Waals surface area contributed by atoms with Crippen molar-refractivity contribution in [1.82, 2.24) is 5.32 Å². The lowest BCUT2D eigenvalue weighted by molar-refractivity contribution is -0.139. The van der Waals surface area contributed by atoms with Crippen molar-refractivity contribution in [2.45, 2.75) is 18.4 Å². The van der Waals surface area contributed by atoms with Crippen LogP contribution >= 0.6 is 27.5 Å². The largest absolute Gasteiger partial charge is 0.480 e. The van der Waals surface area contributed by atoms with Crippen molar-refractivity contribution in [2.24, 2.45) is 0 Å². The van der Waals surface area contributed by atoms with Gasteiger partial charge in [-0.25, -0.2) is 9.59 Å². The molecular formula is C24H19BrClNO4. The lowest BCUT2D eigenvalue weighted by Crippen LogP contribution is -2.43. The Hall–Kier alpha value is -2.83. The van der Waals surface area contributed by atoms with Crippen LogP contribution in [0.15, 0.2) is 71.2 Å². The van der Waals surface area contributed by atoms with E-state index in [9.17, 15) is 14.7 Å². The van der Waals surface area contributed by atoms with E-state index in [1.807, 2.05) is 36.4 Å². The summed E-state index contributed by atoms with van der Waals surface area (Å²) >= 11 is 9.51. The Bertz CT molecular complexity index is 1100. The maximum atomic E-state index is 12.4. The number of alkyl carbamates (subject to hydrolysis) is 1. The van der Waals surface area contributed by atoms with Gasteiger partial charge in [0.2, 0.25) is 0 Å². The van der Waals surface area contributed by atoms with Crippen LogP contribution in [-0.2, 0) is 16.0 Å². The lowest BCUT2D eigenvalue weighted by atomic mass is 9.98. The first-order valence-corrected chi connectivity index (χ1v) is 10.9. The third-order valence-electron chi connectivity index (χ3n) is 5.37. The number of ether oxygens (including phenoxy) is 1. The molecule has 1 atom stereocenters. The summed E-state index contributed by atoms with van der Waals surface area (Å²) in [6, 6.07) is 20.1. The predicted molar refractivity (Wildman–Crippen MR) is 122 cm³/mol. The normalized spacial score (nSPS) is 13.2. The molecule has 4 rings (SSSR count). The molecule has 0 saturated heterocycles. The molecule has 1 aliphatic rings. The van der Waals surface area contributed by atoms with Crippen molar-refractivity contribution >= 4 is 39.6 Å². The van der Waals surface area contributed by atoms with E-state index in [1.165, 1.54) is 0 Å². The number of hydrogen-bond donors (Lipinski definition) is 2. The average molecular weight is 501 g/mol. The van der Waals surface area contributed by atoms with Crippen molar-refractivity contribution in [3.05, 3.63) is 92.9 Å². The fourth-order valence-electron chi connectivity index (χ4n) is 3.89. The number of carbonyl (C=O) groups is 2. The fraction of sp³-hybridized carbons (Fsp3) is 0.167. The summed E-state index contributed by atoms with van der Waals surface area (Å²) in [5.41, 5.74) is 5.05. The van der Waals surface area contributed by atoms with Crippen LogP contribution < -0.4 is 5.32 Å². The monoisotopic (exact) mass is 499 g/mol. The summed E-state index contributed by atoms with van der Waals surface area (Å²) in [6.07, 6.45) is -0.728. The van der Waals surface area contributed by atoms with E-state index in [0.29, 0.717) is 10.6 Å². The molecule has 31 heavy (non-hydrogen) atoms. The Labute approximate surface area is 193 Å². The molecule has 3 aromatic rings. The van der Waals surface area contributed by atoms with Crippen LogP contribution in [0.5, 0.6) is 0 Å². The first-order valence-electron chi connectivity index (χ1n) is 9.72. The molecule has 3 aromatic carbocycles. The first-order chi connectivity index (χ1) is 14.9. The van der Waals surface area contributed by atoms with Gasteiger partial charge in [0, 0.05) is 21.8 Å². The van der Waals surface area contributed by atoms with Gasteiger partial charge in [-0.3, -0.25) is 0 Å². The van der Waals surface area contributed by atoms with E-state index in [4.69, 9.17) is 16.3 Å². The molecule has 5 nitrogen and oxygen atoms in total. The highest BCUT2D eigenvalue weighted by atomic mass is 79.9. The van der Waals surface area contributed by atoms with Crippen molar-refractivity contribution in [2.75, 3.05) is 6.61 Å². The van der Waals surface area contributed by atoms with Crippen LogP contribution in [0.1, 0.15) is 22.6 Å². The summed E-state index contributed by atoms with van der Waals surface area (Å²) in [7, 11) is 0. The number of rotatable bonds is 6. The summed E-state index contributed by atoms with van der Waals surface area (Å²) in [4.78, 5) is 24.1. The minimum atomic E-state index is -1.16. The SMILES string of the molecule is O=C(NC(Cc1ccc(Br)cc1Cl)C(=O)O)OCC1c2ccccc2-c2ccccc21. The van der Waals surface area contributed by atoms with Gasteiger partial charge in [-0.05, 0) is 39.9 Å². The number of carboxylic acids is 1. The molecule has 0 aliphatic heterocycles. The third kappa shape index (κ3) is 4.60. The van der Waals surface area contributed by atoms with Crippen molar-refractivity contribution < 1.29 is 19.4 Å². The molecule has 1 aliphatic carbocycles. The van der Waals surface area contributed by atoms with Gasteiger partial charge in [-0.2, -0.15) is 0 Å². The van der Waals surface area contributed by atoms with Gasteiger partial charge < -0.3 is 15.2 Å². The first kappa shape index (κ1) is 21.4. The van der Waals surface area contributed by atoms with Gasteiger partial charge in [-0.1, -0.05) is 82.1 Å². The molecule has 0 heterocycles. The Balaban J connectivity index is 1.44. The molecule has 1 amide bonds. The van der Waals surface area contributed by atoms with E-state index in [2.05, 4.69) is 33.4 Å². The summed E-state index contributed by atoms with van der Waals surface area (Å²) in [5, 5.41) is 12.4. The van der Waals surface area contributed by atoms with Gasteiger partial charge >= 0.3 is 12.1 Å². The zero-order valence-corrected chi connectivity index (χ0v) is 18.7. The molecule has 7 heteroatoms. The number of benzene rings is 3. The molecule has 0 radical (unpaired) electrons. The number of amides is 1. The standard InChI is InChI=1S/C24H19BrClNO4/c25-15-10-9-14(21(26)12-15)11-22(23(28)29)27-24(30)31-13-20-18-7-3-1-5-16(18)17-6-2-4-8-19(17)20/h1-10,12,20,22H,11,13H2,(H,27,30)(H,28,29). The highest BCUT2D eigenvalue weighted by molar-refractivity contribution is 9.10. The van der Waals surface area contributed by atoms with Crippen LogP contribution in [0.4, 0.5) is 4.79 Å². The Morgan fingerprint density at radius 3 is 2.23 bits per heavy atom. The van der Waals surface area contributed by atoms with E-state index in [1.54, 1.807) is 18.2 Å². The topological polar surface area (TPSA) is 75.6 Å². The van der Waals surface area contributed by atoms with Crippen LogP contribution in [0.2, 0.25) is 5.02 Å². The number of halogens is 2. The van der Waals surface area contributed by atoms with Gasteiger partial charge in [0.25, 0.3) is 0 Å². The Morgan fingerprint density at radius 2 is 1.65 bits per heavy atom. The summed E-state index contributed by atoms with van der Waals surface area (Å²) in [6.45, 7) is 0.116. The van der Waals surface area contributed by atoms with Crippen molar-refractivity contribution in [3.63, 3.8) is 0 Å². The van der Waals surface area contributed by atoms with Crippen molar-refractivity contribution in [3.8, 4) is 11.1 Å². The fourth-order valence-corrected chi connectivity index (χ4v) is 4.64. The third-order valence-corrected chi connectivity index (χ3v) is 6.22. The summed E-state index contributed by atoms with van der Waals surface area (Å²) in [5.74, 6) is -1.25. The zero-order chi connectivity index (χ0) is 22.0. The van der Waals surface area contributed by atoms with E-state index in [0.717, 1.165) is 26.7 Å². The second-order valence-corrected chi connectivity index (χ2v) is 8.62. The second kappa shape index (κ2) is 9.12. The molecule has 2 N–H and O–H groups in total. The van der Waals surface area contributed by atoms with Gasteiger partial charge in [0.15, 0.2) is 0 Å². The number of aliphatic carboxylic acids is 1. The number of carboxylic acid groups (broad SMARTS) is 1. The van der Waals surface area contributed by atoms with E-state index in [-0.39, 0.29) is 18.9 Å². The Kier molecular flexibility index (Phi) is 6.30. The van der Waals surface area contributed by atoms with Crippen LogP contribution in [0.25, 0.3) is 11.1 Å². The van der Waals surface area contributed by atoms with Gasteiger partial charge in [-0.15, -0.1) is 0 Å². The average Bonchev–Trinajstić information content (AvgIpc) is 3.07. The molecule has 0 saturated carbocycles. The lowest BCUT2D eigenvalue weighted by Gasteiger charge is -2.18. The minimum absolute atomic E-state index is 0.0473. The smallest absolute Gasteiger partial charge is 0.407 e. The van der Waals surface area contributed by atoms with Crippen molar-refractivity contribution in [1.29, 1.82) is 0 Å². The van der Waals surface area contributed by atoms with Crippen LogP contribution in [0, 0.1) is 0 Å². The number of fused-ring (bicyclic) bond motifs is 3. The molecule has 0 bridgehead atoms. The Morgan fingerprint density at radius 1 is 1.03 bits per heavy atom. The highest BCUT2D eigenvalue weighted by Crippen LogP contribution is 2.44. The number of carbonyl (C=O) groups excluding carboxylic acids is 1. The number of hydrogen-bond acceptors (Lipinski definition) is 3. The van der Waals surface area contributed by atoms with Crippen LogP contribution in [0.3, 0.4) is 0 Å². The van der Waals surface area contributed by atoms with Crippen LogP contribution in [-0.4, -0.2) is 29.8 Å². The molecule has 0 aromatic heterocycles. The zero-order valence-electron chi connectivity index (χ0n) is 16.3. The van der Waals surface area contributed by atoms with Gasteiger partial charge in [0.1, 0.15) is 12.6 Å². The predicted octanol–water partition coefficient (Wildman–Crippen LogP) is 5.64. The maximum absolute atomic E-state index is 12.4. The van der Waals surface area contributed by atoms with E-state index < -0.39 is 18.1 Å². The number of nitrogens with one attached hydrogen (secondary N) is 1.